The number of morpholine rings is 1. The number of hydrogen-bond donors (Lipinski definition) is 1. The number of amidine groups is 2. The lowest BCUT2D eigenvalue weighted by molar-refractivity contribution is -0.133. The molecule has 0 spiro atoms. The Kier molecular flexibility index (Phi) is 6.56. The Morgan fingerprint density at radius 2 is 1.89 bits per heavy atom. The van der Waals surface area contributed by atoms with Crippen molar-refractivity contribution in [1.29, 1.82) is 5.41 Å². The van der Waals surface area contributed by atoms with E-state index in [0.29, 0.717) is 55.0 Å². The number of carbonyl (C=O) groups excluding carboxylic acids is 2. The maximum absolute atomic E-state index is 12.7. The fraction of sp³-hybridized carbons (Fsp3) is 0.269. The maximum atomic E-state index is 12.7. The van der Waals surface area contributed by atoms with Gasteiger partial charge in [-0.2, -0.15) is 15.1 Å². The number of hydrazone groups is 1. The van der Waals surface area contributed by atoms with Crippen molar-refractivity contribution in [3.8, 4) is 17.2 Å². The number of rotatable bonds is 6. The van der Waals surface area contributed by atoms with Crippen molar-refractivity contribution >= 4 is 45.7 Å². The van der Waals surface area contributed by atoms with E-state index in [1.165, 1.54) is 5.01 Å². The van der Waals surface area contributed by atoms with Gasteiger partial charge in [-0.25, -0.2) is 0 Å². The summed E-state index contributed by atoms with van der Waals surface area (Å²) in [5.74, 6) is 1.42. The van der Waals surface area contributed by atoms with Gasteiger partial charge < -0.3 is 23.8 Å². The largest absolute Gasteiger partial charge is 0.489 e. The summed E-state index contributed by atoms with van der Waals surface area (Å²) in [4.78, 5) is 31.1. The van der Waals surface area contributed by atoms with Gasteiger partial charge in [-0.15, -0.1) is 0 Å². The number of nitrogens with one attached hydrogen (secondary N) is 1. The molecule has 1 N–H and O–H groups in total. The monoisotopic (exact) mass is 533 g/mol. The normalized spacial score (nSPS) is 19.4. The van der Waals surface area contributed by atoms with Gasteiger partial charge in [0.2, 0.25) is 17.9 Å². The smallest absolute Gasteiger partial charge is 0.283 e. The van der Waals surface area contributed by atoms with Crippen molar-refractivity contribution in [3.63, 3.8) is 0 Å². The zero-order valence-corrected chi connectivity index (χ0v) is 21.0. The highest BCUT2D eigenvalue weighted by molar-refractivity contribution is 8.27. The first kappa shape index (κ1) is 24.2. The summed E-state index contributed by atoms with van der Waals surface area (Å²) < 4.78 is 21.9. The lowest BCUT2D eigenvalue weighted by Gasteiger charge is -2.26. The van der Waals surface area contributed by atoms with Crippen LogP contribution in [-0.4, -0.2) is 70.9 Å². The van der Waals surface area contributed by atoms with Crippen molar-refractivity contribution in [2.45, 2.75) is 13.0 Å². The average Bonchev–Trinajstić information content (AvgIpc) is 3.57. The number of ether oxygens (including phenoxy) is 4. The molecule has 4 heterocycles. The highest BCUT2D eigenvalue weighted by Gasteiger charge is 2.36. The molecule has 12 heteroatoms. The molecule has 0 unspecified atom stereocenters. The van der Waals surface area contributed by atoms with Crippen molar-refractivity contribution < 1.29 is 28.5 Å². The third-order valence-electron chi connectivity index (χ3n) is 6.20. The Labute approximate surface area is 222 Å². The van der Waals surface area contributed by atoms with Crippen LogP contribution in [0.3, 0.4) is 0 Å². The first-order chi connectivity index (χ1) is 18.5. The van der Waals surface area contributed by atoms with E-state index < -0.39 is 5.91 Å². The fourth-order valence-electron chi connectivity index (χ4n) is 4.18. The standard InChI is InChI=1S/C26H23N5O6S/c27-24-19(25(33)28-26-31(24)29-22(38-26)13-23(32)30-7-9-34-10-8-30)11-16-1-4-18(5-2-16)35-14-17-3-6-20-21(12-17)37-15-36-20/h1-6,11-12,27H,7-10,13-15H2. The van der Waals surface area contributed by atoms with E-state index in [4.69, 9.17) is 24.4 Å². The topological polar surface area (TPSA) is 126 Å². The van der Waals surface area contributed by atoms with Gasteiger partial charge in [-0.05, 0) is 53.2 Å². The minimum absolute atomic E-state index is 0.0607. The molecule has 0 radical (unpaired) electrons. The average molecular weight is 534 g/mol. The molecule has 4 aliphatic heterocycles. The molecule has 2 aromatic carbocycles. The molecule has 11 nitrogen and oxygen atoms in total. The van der Waals surface area contributed by atoms with Gasteiger partial charge in [0.1, 0.15) is 17.4 Å². The Morgan fingerprint density at radius 1 is 1.11 bits per heavy atom. The molecule has 0 atom stereocenters. The number of benzene rings is 2. The van der Waals surface area contributed by atoms with E-state index in [0.717, 1.165) is 23.1 Å². The molecule has 1 fully saturated rings. The second-order valence-electron chi connectivity index (χ2n) is 8.73. The number of nitrogens with zero attached hydrogens (tertiary/aromatic N) is 4. The Bertz CT molecular complexity index is 1400. The van der Waals surface area contributed by atoms with Crippen LogP contribution in [0.15, 0.2) is 58.1 Å². The number of hydrogen-bond acceptors (Lipinski definition) is 9. The molecule has 38 heavy (non-hydrogen) atoms. The number of fused-ring (bicyclic) bond motifs is 2. The van der Waals surface area contributed by atoms with Crippen LogP contribution in [0.25, 0.3) is 6.08 Å². The first-order valence-corrected chi connectivity index (χ1v) is 12.8. The molecule has 0 aromatic heterocycles. The molecular weight excluding hydrogens is 510 g/mol. The lowest BCUT2D eigenvalue weighted by Crippen LogP contribution is -2.41. The van der Waals surface area contributed by atoms with Crippen LogP contribution >= 0.6 is 11.8 Å². The van der Waals surface area contributed by atoms with E-state index in [2.05, 4.69) is 10.1 Å². The third-order valence-corrected chi connectivity index (χ3v) is 7.10. The zero-order valence-electron chi connectivity index (χ0n) is 20.2. The SMILES string of the molecule is N=C1C(=Cc2ccc(OCc3ccc4c(c3)OCO4)cc2)C(=O)N=C2SC(CC(=O)N3CCOCC3)=NN12. The van der Waals surface area contributed by atoms with E-state index in [9.17, 15) is 9.59 Å². The van der Waals surface area contributed by atoms with Crippen molar-refractivity contribution in [2.24, 2.45) is 10.1 Å². The van der Waals surface area contributed by atoms with E-state index in [1.54, 1.807) is 35.2 Å². The van der Waals surface area contributed by atoms with Gasteiger partial charge in [0.05, 0.1) is 25.2 Å². The molecule has 4 aliphatic rings. The Morgan fingerprint density at radius 3 is 2.71 bits per heavy atom. The molecule has 0 saturated carbocycles. The highest BCUT2D eigenvalue weighted by atomic mass is 32.2. The molecule has 1 saturated heterocycles. The highest BCUT2D eigenvalue weighted by Crippen LogP contribution is 2.33. The van der Waals surface area contributed by atoms with Gasteiger partial charge in [0.25, 0.3) is 5.91 Å². The van der Waals surface area contributed by atoms with Gasteiger partial charge in [-0.1, -0.05) is 18.2 Å². The molecule has 2 amide bonds. The van der Waals surface area contributed by atoms with Crippen molar-refractivity contribution in [2.75, 3.05) is 33.1 Å². The lowest BCUT2D eigenvalue weighted by atomic mass is 10.1. The van der Waals surface area contributed by atoms with Gasteiger partial charge in [-0.3, -0.25) is 15.0 Å². The molecular formula is C26H23N5O6S. The number of carbonyl (C=O) groups is 2. The summed E-state index contributed by atoms with van der Waals surface area (Å²) in [7, 11) is 0. The summed E-state index contributed by atoms with van der Waals surface area (Å²) >= 11 is 1.14. The van der Waals surface area contributed by atoms with Crippen LogP contribution in [0.2, 0.25) is 0 Å². The predicted molar refractivity (Wildman–Crippen MR) is 140 cm³/mol. The maximum Gasteiger partial charge on any atom is 0.283 e. The molecule has 0 bridgehead atoms. The van der Waals surface area contributed by atoms with Crippen LogP contribution < -0.4 is 14.2 Å². The van der Waals surface area contributed by atoms with Crippen molar-refractivity contribution in [1.82, 2.24) is 9.91 Å². The third kappa shape index (κ3) is 5.00. The quantitative estimate of drug-likeness (QED) is 0.562. The summed E-state index contributed by atoms with van der Waals surface area (Å²) in [6.07, 6.45) is 1.69. The number of thioether (sulfide) groups is 1. The van der Waals surface area contributed by atoms with Crippen LogP contribution in [0.4, 0.5) is 0 Å². The molecule has 2 aromatic rings. The summed E-state index contributed by atoms with van der Waals surface area (Å²) in [5.41, 5.74) is 1.78. The summed E-state index contributed by atoms with van der Waals surface area (Å²) in [6.45, 7) is 2.71. The second-order valence-corrected chi connectivity index (χ2v) is 9.77. The van der Waals surface area contributed by atoms with E-state index >= 15 is 0 Å². The first-order valence-electron chi connectivity index (χ1n) is 12.0. The minimum atomic E-state index is -0.521. The molecule has 194 valence electrons. The van der Waals surface area contributed by atoms with Crippen LogP contribution in [0.5, 0.6) is 17.2 Å². The second kappa shape index (κ2) is 10.3. The van der Waals surface area contributed by atoms with E-state index in [1.807, 2.05) is 18.2 Å². The van der Waals surface area contributed by atoms with E-state index in [-0.39, 0.29) is 35.7 Å². The Hall–Kier alpha value is -4.16. The summed E-state index contributed by atoms with van der Waals surface area (Å²) in [6, 6.07) is 12.9. The molecule has 6 rings (SSSR count). The van der Waals surface area contributed by atoms with Crippen molar-refractivity contribution in [3.05, 3.63) is 59.2 Å². The minimum Gasteiger partial charge on any atom is -0.489 e. The van der Waals surface area contributed by atoms with Gasteiger partial charge >= 0.3 is 0 Å². The summed E-state index contributed by atoms with van der Waals surface area (Å²) in [5, 5.41) is 15.0. The number of aliphatic imine (C=N–C) groups is 1. The molecule has 0 aliphatic carbocycles. The van der Waals surface area contributed by atoms with Gasteiger partial charge in [0.15, 0.2) is 17.3 Å². The fourth-order valence-corrected chi connectivity index (χ4v) is 5.06. The zero-order chi connectivity index (χ0) is 26.1. The Balaban J connectivity index is 1.10. The van der Waals surface area contributed by atoms with Crippen LogP contribution in [0, 0.1) is 5.41 Å². The van der Waals surface area contributed by atoms with Crippen LogP contribution in [0.1, 0.15) is 17.5 Å². The predicted octanol–water partition coefficient (Wildman–Crippen LogP) is 2.86. The van der Waals surface area contributed by atoms with Gasteiger partial charge in [0, 0.05) is 13.1 Å². The van der Waals surface area contributed by atoms with Crippen LogP contribution in [-0.2, 0) is 20.9 Å². The number of amides is 2.